The van der Waals surface area contributed by atoms with Gasteiger partial charge in [0.25, 0.3) is 0 Å². The minimum absolute atomic E-state index is 0.0455. The number of aryl methyl sites for hydroxylation is 1. The molecule has 2 N–H and O–H groups in total. The third kappa shape index (κ3) is 6.42. The van der Waals surface area contributed by atoms with Gasteiger partial charge in [0.05, 0.1) is 46.8 Å². The Bertz CT molecular complexity index is 989. The number of fused-ring (bicyclic) bond motifs is 1. The number of ketones is 1. The molecule has 1 amide bonds. The number of rotatable bonds is 3. The minimum atomic E-state index is -1.26. The summed E-state index contributed by atoms with van der Waals surface area (Å²) in [6, 6.07) is 0.00895. The molecule has 9 heteroatoms. The molecule has 2 saturated heterocycles. The van der Waals surface area contributed by atoms with Crippen molar-refractivity contribution in [2.45, 2.75) is 104 Å². The van der Waals surface area contributed by atoms with E-state index in [0.717, 1.165) is 41.9 Å². The third-order valence-electron chi connectivity index (χ3n) is 7.99. The highest BCUT2D eigenvalue weighted by atomic mass is 32.1. The van der Waals surface area contributed by atoms with E-state index in [1.165, 1.54) is 11.3 Å². The van der Waals surface area contributed by atoms with Crippen LogP contribution in [0, 0.1) is 24.2 Å². The fourth-order valence-corrected chi connectivity index (χ4v) is 5.86. The number of cyclic esters (lactones) is 1. The van der Waals surface area contributed by atoms with Gasteiger partial charge in [-0.25, -0.2) is 4.98 Å². The van der Waals surface area contributed by atoms with Gasteiger partial charge in [0.15, 0.2) is 0 Å². The fourth-order valence-electron chi connectivity index (χ4n) is 5.29. The summed E-state index contributed by atoms with van der Waals surface area (Å²) >= 11 is 1.53. The van der Waals surface area contributed by atoms with Gasteiger partial charge in [-0.15, -0.1) is 11.3 Å². The van der Waals surface area contributed by atoms with Crippen LogP contribution in [0.3, 0.4) is 0 Å². The van der Waals surface area contributed by atoms with Crippen LogP contribution >= 0.6 is 11.3 Å². The first kappa shape index (κ1) is 28.5. The van der Waals surface area contributed by atoms with Crippen molar-refractivity contribution in [3.8, 4) is 0 Å². The lowest BCUT2D eigenvalue weighted by atomic mass is 9.73. The topological polar surface area (TPSA) is 117 Å². The lowest BCUT2D eigenvalue weighted by Crippen LogP contribution is -2.45. The van der Waals surface area contributed by atoms with Crippen molar-refractivity contribution < 1.29 is 29.3 Å². The maximum Gasteiger partial charge on any atom is 0.309 e. The van der Waals surface area contributed by atoms with Crippen molar-refractivity contribution in [3.05, 3.63) is 21.7 Å². The minimum Gasteiger partial charge on any atom is -0.458 e. The number of amides is 1. The summed E-state index contributed by atoms with van der Waals surface area (Å²) < 4.78 is 5.85. The van der Waals surface area contributed by atoms with Gasteiger partial charge in [0.2, 0.25) is 6.41 Å². The Morgan fingerprint density at radius 3 is 2.53 bits per heavy atom. The van der Waals surface area contributed by atoms with Crippen LogP contribution in [0.4, 0.5) is 0 Å². The molecule has 2 aliphatic heterocycles. The summed E-state index contributed by atoms with van der Waals surface area (Å²) in [6.07, 6.45) is 2.43. The molecular weight excluding hydrogens is 480 g/mol. The number of hydrogen-bond acceptors (Lipinski definition) is 8. The van der Waals surface area contributed by atoms with E-state index < -0.39 is 35.6 Å². The molecule has 1 aromatic rings. The van der Waals surface area contributed by atoms with Gasteiger partial charge in [-0.2, -0.15) is 0 Å². The zero-order valence-corrected chi connectivity index (χ0v) is 23.0. The van der Waals surface area contributed by atoms with Crippen LogP contribution in [0.1, 0.15) is 77.4 Å². The smallest absolute Gasteiger partial charge is 0.309 e. The highest BCUT2D eigenvalue weighted by molar-refractivity contribution is 7.09. The number of carbonyl (C=O) groups is 3. The summed E-state index contributed by atoms with van der Waals surface area (Å²) in [5.74, 6) is -1.70. The number of nitrogens with zero attached hydrogens (tertiary/aromatic N) is 2. The molecule has 0 spiro atoms. The van der Waals surface area contributed by atoms with Gasteiger partial charge < -0.3 is 19.8 Å². The van der Waals surface area contributed by atoms with Gasteiger partial charge in [-0.1, -0.05) is 34.1 Å². The Labute approximate surface area is 217 Å². The van der Waals surface area contributed by atoms with Gasteiger partial charge in [-0.05, 0) is 44.3 Å². The highest BCUT2D eigenvalue weighted by Crippen LogP contribution is 2.38. The van der Waals surface area contributed by atoms with E-state index in [1.807, 2.05) is 32.2 Å². The maximum absolute atomic E-state index is 13.2. The van der Waals surface area contributed by atoms with Crippen molar-refractivity contribution in [2.75, 3.05) is 0 Å². The van der Waals surface area contributed by atoms with Gasteiger partial charge in [0, 0.05) is 17.7 Å². The fraction of sp³-hybridized carbons (Fsp3) is 0.704. The van der Waals surface area contributed by atoms with Crippen molar-refractivity contribution in [3.63, 3.8) is 0 Å². The Kier molecular flexibility index (Phi) is 9.11. The number of Topliss-reactive ketones (excluding diaryl/α,β-unsaturated/α-hetero) is 1. The van der Waals surface area contributed by atoms with Crippen LogP contribution in [0.25, 0.3) is 6.08 Å². The maximum atomic E-state index is 13.2. The number of ether oxygens (including phenoxy) is 1. The molecule has 8 nitrogen and oxygen atoms in total. The first-order chi connectivity index (χ1) is 16.9. The second-order valence-electron chi connectivity index (χ2n) is 11.1. The second-order valence-corrected chi connectivity index (χ2v) is 12.1. The predicted molar refractivity (Wildman–Crippen MR) is 138 cm³/mol. The number of thiazole rings is 1. The quantitative estimate of drug-likeness (QED) is 0.356. The first-order valence-electron chi connectivity index (χ1n) is 12.8. The van der Waals surface area contributed by atoms with E-state index in [1.54, 1.807) is 25.7 Å². The zero-order valence-electron chi connectivity index (χ0n) is 22.1. The number of esters is 1. The molecule has 0 unspecified atom stereocenters. The Morgan fingerprint density at radius 1 is 1.22 bits per heavy atom. The van der Waals surface area contributed by atoms with E-state index >= 15 is 0 Å². The summed E-state index contributed by atoms with van der Waals surface area (Å²) in [7, 11) is 0. The molecule has 0 bridgehead atoms. The molecule has 0 aliphatic carbocycles. The number of aliphatic hydroxyl groups is 2. The normalized spacial score (nSPS) is 34.6. The zero-order chi connectivity index (χ0) is 26.8. The van der Waals surface area contributed by atoms with E-state index in [2.05, 4.69) is 4.98 Å². The Hall–Kier alpha value is -2.10. The second kappa shape index (κ2) is 11.5. The average Bonchev–Trinajstić information content (AvgIpc) is 3.32. The predicted octanol–water partition coefficient (Wildman–Crippen LogP) is 3.53. The summed E-state index contributed by atoms with van der Waals surface area (Å²) in [6.45, 7) is 10.6. The van der Waals surface area contributed by atoms with Crippen molar-refractivity contribution in [2.24, 2.45) is 17.3 Å². The Morgan fingerprint density at radius 2 is 1.92 bits per heavy atom. The summed E-state index contributed by atoms with van der Waals surface area (Å²) in [4.78, 5) is 44.1. The molecule has 3 rings (SSSR count). The summed E-state index contributed by atoms with van der Waals surface area (Å²) in [5, 5.41) is 24.6. The van der Waals surface area contributed by atoms with Crippen LogP contribution in [0.2, 0.25) is 0 Å². The molecule has 1 aromatic heterocycles. The third-order valence-corrected chi connectivity index (χ3v) is 8.78. The van der Waals surface area contributed by atoms with Crippen molar-refractivity contribution >= 4 is 35.6 Å². The van der Waals surface area contributed by atoms with Gasteiger partial charge >= 0.3 is 5.97 Å². The lowest BCUT2D eigenvalue weighted by Gasteiger charge is -2.34. The van der Waals surface area contributed by atoms with Crippen molar-refractivity contribution in [1.82, 2.24) is 9.88 Å². The van der Waals surface area contributed by atoms with Crippen molar-refractivity contribution in [1.29, 1.82) is 0 Å². The molecule has 2 aliphatic rings. The molecule has 0 saturated carbocycles. The van der Waals surface area contributed by atoms with Crippen LogP contribution in [-0.4, -0.2) is 68.7 Å². The average molecular weight is 521 g/mol. The number of carbonyl (C=O) groups excluding carboxylic acids is 3. The van der Waals surface area contributed by atoms with E-state index in [-0.39, 0.29) is 30.2 Å². The van der Waals surface area contributed by atoms with Crippen LogP contribution in [-0.2, 0) is 19.1 Å². The van der Waals surface area contributed by atoms with E-state index in [0.29, 0.717) is 6.42 Å². The standard InChI is InChI=1S/C27H40N2O6S/c1-15-8-7-9-20-21(29(20)14-30)11-22(16(2)10-19-13-36-18(4)28-19)35-24(32)12-23(31)27(5,6)26(34)17(3)25(15)33/h10,13-15,17,20-23,25,31,33H,7-9,11-12H2,1-6H3/b16-10+/t15-,17+,20+,21-,22-,23-,25-,29?/m0/s1. The first-order valence-corrected chi connectivity index (χ1v) is 13.7. The molecule has 36 heavy (non-hydrogen) atoms. The van der Waals surface area contributed by atoms with Crippen LogP contribution in [0.5, 0.6) is 0 Å². The van der Waals surface area contributed by atoms with Crippen LogP contribution in [0.15, 0.2) is 11.0 Å². The van der Waals surface area contributed by atoms with Crippen LogP contribution < -0.4 is 0 Å². The van der Waals surface area contributed by atoms with E-state index in [4.69, 9.17) is 4.74 Å². The monoisotopic (exact) mass is 520 g/mol. The molecule has 7 atom stereocenters. The SMILES string of the molecule is C/C(=C\c1csc(C)n1)[C@@H]1C[C@H]2[C@@H](CCC[C@H](C)[C@H](O)[C@@H](C)C(=O)C(C)(C)[C@@H](O)CC(=O)O1)N2C=O. The molecule has 3 heterocycles. The van der Waals surface area contributed by atoms with E-state index in [9.17, 15) is 24.6 Å². The molecule has 2 fully saturated rings. The number of aromatic nitrogens is 1. The van der Waals surface area contributed by atoms with Gasteiger partial charge in [-0.3, -0.25) is 14.4 Å². The number of hydrogen-bond donors (Lipinski definition) is 2. The molecule has 200 valence electrons. The Balaban J connectivity index is 1.88. The van der Waals surface area contributed by atoms with Gasteiger partial charge in [0.1, 0.15) is 11.9 Å². The largest absolute Gasteiger partial charge is 0.458 e. The highest BCUT2D eigenvalue weighted by Gasteiger charge is 2.48. The lowest BCUT2D eigenvalue weighted by molar-refractivity contribution is -0.154. The molecule has 0 radical (unpaired) electrons. The summed E-state index contributed by atoms with van der Waals surface area (Å²) in [5.41, 5.74) is 0.359. The molecule has 0 aromatic carbocycles. The molecular formula is C27H40N2O6S. The number of aliphatic hydroxyl groups excluding tert-OH is 2.